The van der Waals surface area contributed by atoms with Crippen molar-refractivity contribution in [2.45, 2.75) is 6.42 Å². The number of rotatable bonds is 7. The van der Waals surface area contributed by atoms with Crippen molar-refractivity contribution in [2.75, 3.05) is 31.7 Å². The van der Waals surface area contributed by atoms with Gasteiger partial charge in [0.05, 0.1) is 19.1 Å². The Morgan fingerprint density at radius 3 is 2.83 bits per heavy atom. The lowest BCUT2D eigenvalue weighted by Gasteiger charge is -2.23. The van der Waals surface area contributed by atoms with E-state index in [1.54, 1.807) is 13.2 Å². The van der Waals surface area contributed by atoms with Gasteiger partial charge >= 0.3 is 0 Å². The van der Waals surface area contributed by atoms with E-state index in [1.807, 2.05) is 12.1 Å². The number of ether oxygens (including phenoxy) is 1. The fourth-order valence-electron chi connectivity index (χ4n) is 1.56. The average Bonchev–Trinajstić information content (AvgIpc) is 2.39. The lowest BCUT2D eigenvalue weighted by atomic mass is 10.2. The third kappa shape index (κ3) is 4.13. The number of carbonyl (C=O) groups excluding carboxylic acids is 1. The zero-order chi connectivity index (χ0) is 13.4. The molecular weight excluding hydrogens is 296 g/mol. The third-order valence-electron chi connectivity index (χ3n) is 2.54. The van der Waals surface area contributed by atoms with E-state index in [-0.39, 0.29) is 0 Å². The van der Waals surface area contributed by atoms with Crippen molar-refractivity contribution in [2.24, 2.45) is 0 Å². The van der Waals surface area contributed by atoms with Crippen LogP contribution >= 0.6 is 15.9 Å². The van der Waals surface area contributed by atoms with Crippen LogP contribution in [0, 0.1) is 11.3 Å². The highest BCUT2D eigenvalue weighted by Crippen LogP contribution is 2.23. The van der Waals surface area contributed by atoms with Gasteiger partial charge in [0.1, 0.15) is 0 Å². The summed E-state index contributed by atoms with van der Waals surface area (Å²) in [6.45, 7) is 1.95. The minimum absolute atomic E-state index is 0.455. The summed E-state index contributed by atoms with van der Waals surface area (Å²) in [4.78, 5) is 12.8. The third-order valence-corrected chi connectivity index (χ3v) is 3.22. The summed E-state index contributed by atoms with van der Waals surface area (Å²) in [5, 5.41) is 8.66. The van der Waals surface area contributed by atoms with Crippen molar-refractivity contribution in [3.8, 4) is 6.07 Å². The Balaban J connectivity index is 2.86. The van der Waals surface area contributed by atoms with Gasteiger partial charge in [-0.2, -0.15) is 5.26 Å². The number of benzene rings is 1. The van der Waals surface area contributed by atoms with Crippen LogP contribution < -0.4 is 4.90 Å². The molecule has 0 saturated carbocycles. The lowest BCUT2D eigenvalue weighted by molar-refractivity contribution is 0.112. The second-order valence-electron chi connectivity index (χ2n) is 3.71. The Hall–Kier alpha value is -1.38. The first-order valence-electron chi connectivity index (χ1n) is 5.58. The zero-order valence-electron chi connectivity index (χ0n) is 10.2. The molecule has 0 amide bonds. The van der Waals surface area contributed by atoms with Gasteiger partial charge in [-0.05, 0) is 34.1 Å². The molecule has 0 bridgehead atoms. The molecule has 0 atom stereocenters. The molecule has 0 unspecified atom stereocenters. The van der Waals surface area contributed by atoms with Crippen molar-refractivity contribution < 1.29 is 9.53 Å². The molecule has 0 N–H and O–H groups in total. The van der Waals surface area contributed by atoms with Crippen LogP contribution in [-0.2, 0) is 4.74 Å². The van der Waals surface area contributed by atoms with Crippen molar-refractivity contribution >= 4 is 27.9 Å². The molecule has 4 nitrogen and oxygen atoms in total. The molecule has 0 saturated heterocycles. The van der Waals surface area contributed by atoms with Gasteiger partial charge in [0, 0.05) is 35.9 Å². The number of nitriles is 1. The number of anilines is 1. The molecular formula is C13H15BrN2O2. The normalized spacial score (nSPS) is 9.83. The van der Waals surface area contributed by atoms with Gasteiger partial charge in [0.25, 0.3) is 0 Å². The summed E-state index contributed by atoms with van der Waals surface area (Å²) in [7, 11) is 1.65. The maximum atomic E-state index is 10.7. The van der Waals surface area contributed by atoms with Gasteiger partial charge in [-0.25, -0.2) is 0 Å². The highest BCUT2D eigenvalue weighted by atomic mass is 79.9. The molecule has 0 heterocycles. The van der Waals surface area contributed by atoms with Gasteiger partial charge in [0.15, 0.2) is 6.29 Å². The maximum Gasteiger partial charge on any atom is 0.151 e. The van der Waals surface area contributed by atoms with Crippen molar-refractivity contribution in [1.82, 2.24) is 0 Å². The number of carbonyl (C=O) groups is 1. The smallest absolute Gasteiger partial charge is 0.151 e. The van der Waals surface area contributed by atoms with E-state index in [9.17, 15) is 4.79 Å². The van der Waals surface area contributed by atoms with Crippen LogP contribution in [0.4, 0.5) is 5.69 Å². The predicted molar refractivity (Wildman–Crippen MR) is 73.8 cm³/mol. The topological polar surface area (TPSA) is 53.3 Å². The van der Waals surface area contributed by atoms with E-state index in [2.05, 4.69) is 26.9 Å². The standard InChI is InChI=1S/C13H15BrN2O2/c1-18-8-7-16(6-2-5-15)12-4-3-11(10-17)13(14)9-12/h3-4,9-10H,2,6-8H2,1H3. The molecule has 1 aromatic rings. The molecule has 0 aliphatic heterocycles. The number of methoxy groups -OCH3 is 1. The van der Waals surface area contributed by atoms with Crippen molar-refractivity contribution in [3.63, 3.8) is 0 Å². The summed E-state index contributed by atoms with van der Waals surface area (Å²) < 4.78 is 5.82. The molecule has 1 rings (SSSR count). The van der Waals surface area contributed by atoms with E-state index in [1.165, 1.54) is 0 Å². The molecule has 18 heavy (non-hydrogen) atoms. The van der Waals surface area contributed by atoms with E-state index in [0.29, 0.717) is 31.7 Å². The van der Waals surface area contributed by atoms with Gasteiger partial charge in [-0.1, -0.05) is 0 Å². The fraction of sp³-hybridized carbons (Fsp3) is 0.385. The molecule has 0 aliphatic carbocycles. The first-order chi connectivity index (χ1) is 8.72. The predicted octanol–water partition coefficient (Wildman–Crippen LogP) is 2.63. The second kappa shape index (κ2) is 7.85. The van der Waals surface area contributed by atoms with Crippen LogP contribution in [0.2, 0.25) is 0 Å². The first kappa shape index (κ1) is 14.7. The average molecular weight is 311 g/mol. The summed E-state index contributed by atoms with van der Waals surface area (Å²) in [6, 6.07) is 7.66. The number of hydrogen-bond acceptors (Lipinski definition) is 4. The number of nitrogens with zero attached hydrogens (tertiary/aromatic N) is 2. The molecule has 1 aromatic carbocycles. The van der Waals surface area contributed by atoms with Crippen molar-refractivity contribution in [1.29, 1.82) is 5.26 Å². The molecule has 96 valence electrons. The van der Waals surface area contributed by atoms with Crippen LogP contribution in [-0.4, -0.2) is 33.1 Å². The molecule has 0 spiro atoms. The monoisotopic (exact) mass is 310 g/mol. The first-order valence-corrected chi connectivity index (χ1v) is 6.37. The van der Waals surface area contributed by atoms with E-state index < -0.39 is 0 Å². The van der Waals surface area contributed by atoms with Crippen LogP contribution in [0.15, 0.2) is 22.7 Å². The van der Waals surface area contributed by atoms with Gasteiger partial charge in [-0.3, -0.25) is 4.79 Å². The highest BCUT2D eigenvalue weighted by Gasteiger charge is 2.08. The van der Waals surface area contributed by atoms with Crippen LogP contribution in [0.3, 0.4) is 0 Å². The van der Waals surface area contributed by atoms with E-state index >= 15 is 0 Å². The Morgan fingerprint density at radius 1 is 1.50 bits per heavy atom. The van der Waals surface area contributed by atoms with Crippen LogP contribution in [0.1, 0.15) is 16.8 Å². The fourth-order valence-corrected chi connectivity index (χ4v) is 2.02. The highest BCUT2D eigenvalue weighted by molar-refractivity contribution is 9.10. The van der Waals surface area contributed by atoms with E-state index in [0.717, 1.165) is 16.4 Å². The number of hydrogen-bond donors (Lipinski definition) is 0. The molecule has 0 aliphatic rings. The summed E-state index contributed by atoms with van der Waals surface area (Å²) in [5.74, 6) is 0. The van der Waals surface area contributed by atoms with Gasteiger partial charge in [-0.15, -0.1) is 0 Å². The Kier molecular flexibility index (Phi) is 6.40. The number of halogens is 1. The summed E-state index contributed by atoms with van der Waals surface area (Å²) in [6.07, 6.45) is 1.26. The van der Waals surface area contributed by atoms with Gasteiger partial charge in [0.2, 0.25) is 0 Å². The summed E-state index contributed by atoms with van der Waals surface area (Å²) >= 11 is 3.36. The zero-order valence-corrected chi connectivity index (χ0v) is 11.8. The van der Waals surface area contributed by atoms with Crippen LogP contribution in [0.5, 0.6) is 0 Å². The molecule has 5 heteroatoms. The quantitative estimate of drug-likeness (QED) is 0.726. The van der Waals surface area contributed by atoms with Crippen LogP contribution in [0.25, 0.3) is 0 Å². The lowest BCUT2D eigenvalue weighted by Crippen LogP contribution is -2.28. The molecule has 0 aromatic heterocycles. The Labute approximate surface area is 115 Å². The SMILES string of the molecule is COCCN(CCC#N)c1ccc(C=O)c(Br)c1. The summed E-state index contributed by atoms with van der Waals surface area (Å²) in [5.41, 5.74) is 1.59. The van der Waals surface area contributed by atoms with Crippen molar-refractivity contribution in [3.05, 3.63) is 28.2 Å². The Bertz CT molecular complexity index is 443. The van der Waals surface area contributed by atoms with Gasteiger partial charge < -0.3 is 9.64 Å². The van der Waals surface area contributed by atoms with E-state index in [4.69, 9.17) is 10.00 Å². The largest absolute Gasteiger partial charge is 0.383 e. The molecule has 0 radical (unpaired) electrons. The minimum atomic E-state index is 0.455. The maximum absolute atomic E-state index is 10.7. The second-order valence-corrected chi connectivity index (χ2v) is 4.57. The minimum Gasteiger partial charge on any atom is -0.383 e. The number of aldehydes is 1. The Morgan fingerprint density at radius 2 is 2.28 bits per heavy atom. The molecule has 0 fully saturated rings.